The molecule has 3 nitrogen and oxygen atoms in total. The maximum Gasteiger partial charge on any atom is 0.244 e. The van der Waals surface area contributed by atoms with E-state index < -0.39 is 17.8 Å². The van der Waals surface area contributed by atoms with E-state index in [1.54, 1.807) is 6.07 Å². The second-order valence-electron chi connectivity index (χ2n) is 4.16. The number of nitrogens with one attached hydrogen (secondary N) is 1. The van der Waals surface area contributed by atoms with Crippen LogP contribution in [0.2, 0.25) is 0 Å². The molecule has 0 aliphatic heterocycles. The molecule has 1 atom stereocenters. The van der Waals surface area contributed by atoms with E-state index in [0.717, 1.165) is 0 Å². The Kier molecular flexibility index (Phi) is 4.34. The zero-order chi connectivity index (χ0) is 14.7. The molecule has 0 fully saturated rings. The van der Waals surface area contributed by atoms with Crippen molar-refractivity contribution in [2.75, 3.05) is 5.32 Å². The molecular formula is C14H11BrF2N2O. The van der Waals surface area contributed by atoms with Gasteiger partial charge in [0.05, 0.1) is 4.47 Å². The summed E-state index contributed by atoms with van der Waals surface area (Å²) in [6, 6.07) is 8.84. The first-order chi connectivity index (χ1) is 9.47. The molecule has 0 heterocycles. The molecule has 0 saturated carbocycles. The van der Waals surface area contributed by atoms with Crippen molar-refractivity contribution in [1.29, 1.82) is 0 Å². The van der Waals surface area contributed by atoms with Crippen LogP contribution >= 0.6 is 15.9 Å². The van der Waals surface area contributed by atoms with Crippen LogP contribution in [-0.2, 0) is 4.79 Å². The standard InChI is InChI=1S/C14H11BrF2N2O/c15-11-6-1-8(7-12(11)17)13(14(18)20)19-10-4-2-9(16)3-5-10/h1-7,13,19H,(H2,18,20). The largest absolute Gasteiger partial charge is 0.370 e. The minimum absolute atomic E-state index is 0.297. The molecule has 0 aliphatic carbocycles. The van der Waals surface area contributed by atoms with Gasteiger partial charge in [0.1, 0.15) is 17.7 Å². The summed E-state index contributed by atoms with van der Waals surface area (Å²) in [5, 5.41) is 2.85. The lowest BCUT2D eigenvalue weighted by Crippen LogP contribution is -2.27. The molecule has 2 aromatic rings. The summed E-state index contributed by atoms with van der Waals surface area (Å²) in [4.78, 5) is 11.5. The van der Waals surface area contributed by atoms with E-state index in [9.17, 15) is 13.6 Å². The maximum absolute atomic E-state index is 13.5. The van der Waals surface area contributed by atoms with Gasteiger partial charge in [0.2, 0.25) is 5.91 Å². The average Bonchev–Trinajstić information content (AvgIpc) is 2.41. The Balaban J connectivity index is 2.29. The van der Waals surface area contributed by atoms with Crippen LogP contribution in [0.15, 0.2) is 46.9 Å². The van der Waals surface area contributed by atoms with Crippen LogP contribution in [0.3, 0.4) is 0 Å². The molecular weight excluding hydrogens is 330 g/mol. The van der Waals surface area contributed by atoms with Crippen LogP contribution < -0.4 is 11.1 Å². The van der Waals surface area contributed by atoms with Gasteiger partial charge in [0, 0.05) is 5.69 Å². The number of carbonyl (C=O) groups excluding carboxylic acids is 1. The van der Waals surface area contributed by atoms with Gasteiger partial charge in [-0.15, -0.1) is 0 Å². The molecule has 0 bridgehead atoms. The molecule has 0 radical (unpaired) electrons. The van der Waals surface area contributed by atoms with Crippen molar-refractivity contribution >= 4 is 27.5 Å². The third-order valence-electron chi connectivity index (χ3n) is 2.72. The van der Waals surface area contributed by atoms with E-state index in [1.807, 2.05) is 0 Å². The number of anilines is 1. The fourth-order valence-corrected chi connectivity index (χ4v) is 1.97. The number of rotatable bonds is 4. The summed E-state index contributed by atoms with van der Waals surface area (Å²) in [6.07, 6.45) is 0. The van der Waals surface area contributed by atoms with Crippen LogP contribution in [0, 0.1) is 11.6 Å². The van der Waals surface area contributed by atoms with Crippen molar-refractivity contribution in [3.8, 4) is 0 Å². The van der Waals surface area contributed by atoms with Gasteiger partial charge >= 0.3 is 0 Å². The van der Waals surface area contributed by atoms with E-state index >= 15 is 0 Å². The van der Waals surface area contributed by atoms with E-state index in [1.165, 1.54) is 36.4 Å². The first-order valence-corrected chi connectivity index (χ1v) is 6.53. The molecule has 3 N–H and O–H groups in total. The van der Waals surface area contributed by atoms with E-state index in [2.05, 4.69) is 21.2 Å². The molecule has 0 aromatic heterocycles. The Morgan fingerprint density at radius 2 is 1.80 bits per heavy atom. The van der Waals surface area contributed by atoms with Crippen LogP contribution in [0.25, 0.3) is 0 Å². The van der Waals surface area contributed by atoms with Gasteiger partial charge in [-0.05, 0) is 57.9 Å². The SMILES string of the molecule is NC(=O)C(Nc1ccc(F)cc1)c1ccc(Br)c(F)c1. The summed E-state index contributed by atoms with van der Waals surface area (Å²) >= 11 is 3.04. The van der Waals surface area contributed by atoms with Crippen LogP contribution in [0.5, 0.6) is 0 Å². The van der Waals surface area contributed by atoms with Gasteiger partial charge in [-0.2, -0.15) is 0 Å². The van der Waals surface area contributed by atoms with Crippen LogP contribution in [0.1, 0.15) is 11.6 Å². The summed E-state index contributed by atoms with van der Waals surface area (Å²) in [5.74, 6) is -1.54. The number of hydrogen-bond acceptors (Lipinski definition) is 2. The summed E-state index contributed by atoms with van der Waals surface area (Å²) in [5.41, 5.74) is 6.23. The van der Waals surface area contributed by atoms with E-state index in [0.29, 0.717) is 15.7 Å². The van der Waals surface area contributed by atoms with Crippen molar-refractivity contribution in [2.24, 2.45) is 5.73 Å². The molecule has 0 aliphatic rings. The molecule has 104 valence electrons. The maximum atomic E-state index is 13.5. The molecule has 1 amide bonds. The Hall–Kier alpha value is -1.95. The Labute approximate surface area is 122 Å². The molecule has 2 aromatic carbocycles. The minimum Gasteiger partial charge on any atom is -0.370 e. The zero-order valence-corrected chi connectivity index (χ0v) is 11.8. The highest BCUT2D eigenvalue weighted by Gasteiger charge is 2.18. The average molecular weight is 341 g/mol. The lowest BCUT2D eigenvalue weighted by Gasteiger charge is -2.17. The van der Waals surface area contributed by atoms with Crippen molar-refractivity contribution in [1.82, 2.24) is 0 Å². The molecule has 6 heteroatoms. The highest BCUT2D eigenvalue weighted by atomic mass is 79.9. The topological polar surface area (TPSA) is 55.1 Å². The number of nitrogens with two attached hydrogens (primary N) is 1. The van der Waals surface area contributed by atoms with Gasteiger partial charge in [-0.3, -0.25) is 4.79 Å². The second-order valence-corrected chi connectivity index (χ2v) is 5.01. The van der Waals surface area contributed by atoms with Crippen LogP contribution in [-0.4, -0.2) is 5.91 Å². The Morgan fingerprint density at radius 3 is 2.35 bits per heavy atom. The number of carbonyl (C=O) groups is 1. The number of halogens is 3. The summed E-state index contributed by atoms with van der Waals surface area (Å²) < 4.78 is 26.6. The van der Waals surface area contributed by atoms with Crippen LogP contribution in [0.4, 0.5) is 14.5 Å². The van der Waals surface area contributed by atoms with Crippen molar-refractivity contribution < 1.29 is 13.6 Å². The number of amides is 1. The predicted molar refractivity (Wildman–Crippen MR) is 76.1 cm³/mol. The fraction of sp³-hybridized carbons (Fsp3) is 0.0714. The van der Waals surface area contributed by atoms with Crippen molar-refractivity contribution in [3.63, 3.8) is 0 Å². The monoisotopic (exact) mass is 340 g/mol. The zero-order valence-electron chi connectivity index (χ0n) is 10.2. The molecule has 2 rings (SSSR count). The predicted octanol–water partition coefficient (Wildman–Crippen LogP) is 3.37. The summed E-state index contributed by atoms with van der Waals surface area (Å²) in [6.45, 7) is 0. The number of benzene rings is 2. The van der Waals surface area contributed by atoms with Crippen molar-refractivity contribution in [3.05, 3.63) is 64.1 Å². The quantitative estimate of drug-likeness (QED) is 0.896. The van der Waals surface area contributed by atoms with Gasteiger partial charge in [-0.1, -0.05) is 6.07 Å². The van der Waals surface area contributed by atoms with Gasteiger partial charge in [0.15, 0.2) is 0 Å². The van der Waals surface area contributed by atoms with E-state index in [-0.39, 0.29) is 5.82 Å². The third-order valence-corrected chi connectivity index (χ3v) is 3.36. The normalized spacial score (nSPS) is 11.9. The molecule has 1 unspecified atom stereocenters. The Bertz CT molecular complexity index is 632. The fourth-order valence-electron chi connectivity index (χ4n) is 1.72. The second kappa shape index (κ2) is 6.00. The van der Waals surface area contributed by atoms with E-state index in [4.69, 9.17) is 5.73 Å². The molecule has 20 heavy (non-hydrogen) atoms. The first-order valence-electron chi connectivity index (χ1n) is 5.74. The lowest BCUT2D eigenvalue weighted by atomic mass is 10.1. The lowest BCUT2D eigenvalue weighted by molar-refractivity contribution is -0.118. The highest BCUT2D eigenvalue weighted by Crippen LogP contribution is 2.24. The minimum atomic E-state index is -0.900. The van der Waals surface area contributed by atoms with Gasteiger partial charge < -0.3 is 11.1 Å². The molecule has 0 spiro atoms. The smallest absolute Gasteiger partial charge is 0.244 e. The number of primary amides is 1. The van der Waals surface area contributed by atoms with Gasteiger partial charge in [0.25, 0.3) is 0 Å². The molecule has 0 saturated heterocycles. The van der Waals surface area contributed by atoms with Gasteiger partial charge in [-0.25, -0.2) is 8.78 Å². The Morgan fingerprint density at radius 1 is 1.15 bits per heavy atom. The van der Waals surface area contributed by atoms with Crippen molar-refractivity contribution in [2.45, 2.75) is 6.04 Å². The first kappa shape index (κ1) is 14.5. The number of hydrogen-bond donors (Lipinski definition) is 2. The highest BCUT2D eigenvalue weighted by molar-refractivity contribution is 9.10. The third kappa shape index (κ3) is 3.33. The summed E-state index contributed by atoms with van der Waals surface area (Å²) in [7, 11) is 0.